The average molecular weight is 1150 g/mol. The van der Waals surface area contributed by atoms with Crippen LogP contribution in [-0.2, 0) is 30.8 Å². The standard InChI is InChI=1S/C40H40ClN2.C7H5Br3O2S.C7H8O3S/c1-39(2)34(42(5)32-22-18-26-12-7-9-16-30(26)36(32)39)24-20-28-14-11-15-29(38(28)41)21-25-35-40(3,4)37-31-17-10-8-13-27(31)19-23-33(37)43(35)6;8-7(9,10)13(11,12)6-4-2-1-3-5-6;1-6-2-4-7(5-3-6)11(8,9)10/h7-10,12-13,16-25H,11,14-15H2,1-6H3;1-5H;2-5H,1H3,(H,8,9,10)/q+1;;/p-1. The molecule has 0 bridgehead atoms. The van der Waals surface area contributed by atoms with E-state index in [1.54, 1.807) is 30.3 Å². The number of rotatable bonds is 5. The van der Waals surface area contributed by atoms with Crippen molar-refractivity contribution in [1.29, 1.82) is 0 Å². The molecule has 1 aliphatic carbocycles. The molecule has 0 saturated carbocycles. The second kappa shape index (κ2) is 19.7. The van der Waals surface area contributed by atoms with Crippen molar-refractivity contribution < 1.29 is 26.0 Å². The predicted molar refractivity (Wildman–Crippen MR) is 288 cm³/mol. The Morgan fingerprint density at radius 3 is 1.85 bits per heavy atom. The highest BCUT2D eigenvalue weighted by Crippen LogP contribution is 2.50. The third kappa shape index (κ3) is 10.3. The van der Waals surface area contributed by atoms with Crippen LogP contribution in [0.4, 0.5) is 11.4 Å². The molecular formula is C54H52Br3ClN2O5S2. The Kier molecular flexibility index (Phi) is 14.9. The van der Waals surface area contributed by atoms with Gasteiger partial charge in [-0.2, -0.15) is 4.58 Å². The first-order valence-corrected chi connectivity index (χ1v) is 27.4. The van der Waals surface area contributed by atoms with Crippen molar-refractivity contribution in [2.75, 3.05) is 19.0 Å². The summed E-state index contributed by atoms with van der Waals surface area (Å²) in [7, 11) is -3.31. The zero-order chi connectivity index (χ0) is 48.7. The number of sulfone groups is 1. The van der Waals surface area contributed by atoms with Gasteiger partial charge >= 0.3 is 0 Å². The van der Waals surface area contributed by atoms with E-state index in [0.717, 1.165) is 29.9 Å². The Labute approximate surface area is 425 Å². The Balaban J connectivity index is 0.000000226. The van der Waals surface area contributed by atoms with Crippen molar-refractivity contribution >= 4 is 118 Å². The fourth-order valence-electron chi connectivity index (χ4n) is 9.39. The molecule has 7 nitrogen and oxygen atoms in total. The number of halogens is 4. The highest BCUT2D eigenvalue weighted by Gasteiger charge is 2.44. The van der Waals surface area contributed by atoms with Gasteiger partial charge in [-0.3, -0.25) is 0 Å². The quantitative estimate of drug-likeness (QED) is 0.0969. The summed E-state index contributed by atoms with van der Waals surface area (Å²) < 4.78 is 55.7. The van der Waals surface area contributed by atoms with E-state index >= 15 is 0 Å². The van der Waals surface area contributed by atoms with Gasteiger partial charge in [-0.05, 0) is 169 Å². The van der Waals surface area contributed by atoms with Crippen LogP contribution in [-0.4, -0.2) is 47.2 Å². The van der Waals surface area contributed by atoms with Crippen molar-refractivity contribution in [2.45, 2.75) is 76.0 Å². The van der Waals surface area contributed by atoms with Gasteiger partial charge in [0, 0.05) is 46.6 Å². The molecule has 2 aliphatic heterocycles. The molecule has 348 valence electrons. The summed E-state index contributed by atoms with van der Waals surface area (Å²) in [5, 5.41) is 6.17. The second-order valence-corrected chi connectivity index (χ2v) is 30.1. The highest BCUT2D eigenvalue weighted by atomic mass is 80.0. The Hall–Kier alpha value is -4.14. The van der Waals surface area contributed by atoms with E-state index in [4.69, 9.17) is 11.6 Å². The summed E-state index contributed by atoms with van der Waals surface area (Å²) in [6.45, 7) is 11.2. The summed E-state index contributed by atoms with van der Waals surface area (Å²) in [6.07, 6.45) is 12.3. The van der Waals surface area contributed by atoms with Gasteiger partial charge in [0.15, 0.2) is 5.71 Å². The zero-order valence-corrected chi connectivity index (χ0v) is 45.5. The number of fused-ring (bicyclic) bond motifs is 6. The Morgan fingerprint density at radius 2 is 1.25 bits per heavy atom. The van der Waals surface area contributed by atoms with E-state index in [0.29, 0.717) is 0 Å². The molecule has 0 unspecified atom stereocenters. The highest BCUT2D eigenvalue weighted by molar-refractivity contribution is 9.42. The van der Waals surface area contributed by atoms with Crippen LogP contribution in [0.3, 0.4) is 0 Å². The number of aryl methyl sites for hydroxylation is 1. The normalized spacial score (nSPS) is 18.0. The topological polar surface area (TPSA) is 97.6 Å². The van der Waals surface area contributed by atoms with Crippen LogP contribution < -0.4 is 4.90 Å². The Morgan fingerprint density at radius 1 is 0.687 bits per heavy atom. The number of benzene rings is 6. The molecule has 0 fully saturated rings. The molecule has 2 heterocycles. The SMILES string of the molecule is CN1C(=CC=C2CCCC(C=CC3=[N+](C)c4ccc5ccccc5c4C3(C)C)=C2Cl)C(C)(C)c2c1ccc1ccccc21.Cc1ccc(S(=O)(=O)[O-])cc1.O=S(=O)(c1ccccc1)C(Br)(Br)Br. The van der Waals surface area contributed by atoms with E-state index in [1.807, 2.05) is 6.92 Å². The first-order valence-electron chi connectivity index (χ1n) is 21.7. The van der Waals surface area contributed by atoms with E-state index in [-0.39, 0.29) is 20.6 Å². The molecule has 13 heteroatoms. The van der Waals surface area contributed by atoms with Crippen LogP contribution >= 0.6 is 59.4 Å². The van der Waals surface area contributed by atoms with Gasteiger partial charge < -0.3 is 9.45 Å². The predicted octanol–water partition coefficient (Wildman–Crippen LogP) is 14.6. The number of alkyl halides is 3. The molecule has 0 N–H and O–H groups in total. The molecule has 0 atom stereocenters. The van der Waals surface area contributed by atoms with Gasteiger partial charge in [-0.1, -0.05) is 128 Å². The number of likely N-dealkylation sites (N-methyl/N-ethyl adjacent to an activating group) is 1. The van der Waals surface area contributed by atoms with Gasteiger partial charge in [-0.25, -0.2) is 16.8 Å². The summed E-state index contributed by atoms with van der Waals surface area (Å²) >= 11 is 16.1. The second-order valence-electron chi connectivity index (χ2n) is 17.9. The van der Waals surface area contributed by atoms with E-state index in [2.05, 4.69) is 196 Å². The van der Waals surface area contributed by atoms with Crippen LogP contribution in [0.2, 0.25) is 0 Å². The number of allylic oxidation sites excluding steroid dienone is 8. The zero-order valence-electron chi connectivity index (χ0n) is 38.3. The van der Waals surface area contributed by atoms with Gasteiger partial charge in [-0.15, -0.1) is 0 Å². The van der Waals surface area contributed by atoms with Crippen molar-refractivity contribution in [3.63, 3.8) is 0 Å². The van der Waals surface area contributed by atoms with Crippen LogP contribution in [0, 0.1) is 6.92 Å². The van der Waals surface area contributed by atoms with Crippen LogP contribution in [0.25, 0.3) is 21.5 Å². The number of anilines is 1. The van der Waals surface area contributed by atoms with E-state index in [9.17, 15) is 21.4 Å². The largest absolute Gasteiger partial charge is 0.744 e. The maximum atomic E-state index is 11.7. The minimum Gasteiger partial charge on any atom is -0.744 e. The Bertz CT molecular complexity index is 3280. The fraction of sp³-hybridized carbons (Fsp3) is 0.241. The summed E-state index contributed by atoms with van der Waals surface area (Å²) in [6, 6.07) is 40.4. The maximum absolute atomic E-state index is 11.7. The van der Waals surface area contributed by atoms with Gasteiger partial charge in [0.25, 0.3) is 0 Å². The van der Waals surface area contributed by atoms with Crippen LogP contribution in [0.1, 0.15) is 63.6 Å². The molecule has 0 radical (unpaired) electrons. The summed E-state index contributed by atoms with van der Waals surface area (Å²) in [5.74, 6) is 0. The molecule has 6 aromatic carbocycles. The minimum absolute atomic E-state index is 0.107. The molecule has 3 aliphatic rings. The van der Waals surface area contributed by atoms with Crippen molar-refractivity contribution in [1.82, 2.24) is 0 Å². The summed E-state index contributed by atoms with van der Waals surface area (Å²) in [4.78, 5) is 2.43. The third-order valence-electron chi connectivity index (χ3n) is 12.8. The minimum atomic E-state index is -4.27. The first kappa shape index (κ1) is 50.7. The van der Waals surface area contributed by atoms with Gasteiger partial charge in [0.05, 0.1) is 15.2 Å². The average Bonchev–Trinajstić information content (AvgIpc) is 3.61. The molecule has 67 heavy (non-hydrogen) atoms. The monoisotopic (exact) mass is 1140 g/mol. The number of hydrogen-bond donors (Lipinski definition) is 0. The lowest BCUT2D eigenvalue weighted by molar-refractivity contribution is -0.401. The lowest BCUT2D eigenvalue weighted by Crippen LogP contribution is -2.27. The first-order chi connectivity index (χ1) is 31.5. The molecule has 0 saturated heterocycles. The number of nitrogens with zero attached hydrogens (tertiary/aromatic N) is 2. The smallest absolute Gasteiger partial charge is 0.239 e. The van der Waals surface area contributed by atoms with Crippen molar-refractivity contribution in [3.05, 3.63) is 190 Å². The maximum Gasteiger partial charge on any atom is 0.239 e. The van der Waals surface area contributed by atoms with Crippen LogP contribution in [0.15, 0.2) is 183 Å². The molecule has 0 amide bonds. The summed E-state index contributed by atoms with van der Waals surface area (Å²) in [5.41, 5.74) is 11.1. The molecular weight excluding hydrogens is 1100 g/mol. The fourth-order valence-corrected chi connectivity index (χ4v) is 12.6. The van der Waals surface area contributed by atoms with Crippen molar-refractivity contribution in [3.8, 4) is 0 Å². The molecule has 0 aromatic heterocycles. The third-order valence-corrected chi connectivity index (χ3v) is 19.5. The molecule has 9 rings (SSSR count). The number of hydrogen-bond acceptors (Lipinski definition) is 6. The molecule has 6 aromatic rings. The van der Waals surface area contributed by atoms with Crippen molar-refractivity contribution in [2.24, 2.45) is 0 Å². The lowest BCUT2D eigenvalue weighted by Gasteiger charge is -2.25. The van der Waals surface area contributed by atoms with E-state index in [1.165, 1.54) is 90.9 Å². The molecule has 0 spiro atoms. The van der Waals surface area contributed by atoms with Gasteiger partial charge in [0.1, 0.15) is 17.2 Å². The van der Waals surface area contributed by atoms with Crippen LogP contribution in [0.5, 0.6) is 0 Å². The lowest BCUT2D eigenvalue weighted by atomic mass is 9.79. The van der Waals surface area contributed by atoms with Gasteiger partial charge in [0.2, 0.25) is 17.0 Å². The van der Waals surface area contributed by atoms with E-state index < -0.39 is 21.4 Å².